The van der Waals surface area contributed by atoms with Crippen LogP contribution in [0, 0.1) is 0 Å². The Morgan fingerprint density at radius 3 is 2.50 bits per heavy atom. The van der Waals surface area contributed by atoms with Gasteiger partial charge in [-0.05, 0) is 55.8 Å². The van der Waals surface area contributed by atoms with E-state index < -0.39 is 28.9 Å². The largest absolute Gasteiger partial charge is 0.462 e. The molecule has 1 fully saturated rings. The quantitative estimate of drug-likeness (QED) is 0.432. The Hall–Kier alpha value is -3.34. The van der Waals surface area contributed by atoms with Gasteiger partial charge in [0, 0.05) is 18.7 Å². The van der Waals surface area contributed by atoms with Gasteiger partial charge in [0.25, 0.3) is 0 Å². The molecule has 0 radical (unpaired) electrons. The molecule has 2 aromatic carbocycles. The van der Waals surface area contributed by atoms with Crippen LogP contribution in [0.25, 0.3) is 0 Å². The van der Waals surface area contributed by atoms with Gasteiger partial charge >= 0.3 is 12.1 Å². The van der Waals surface area contributed by atoms with Crippen molar-refractivity contribution >= 4 is 46.1 Å². The molecule has 2 aromatic rings. The minimum Gasteiger partial charge on any atom is -0.462 e. The van der Waals surface area contributed by atoms with Crippen LogP contribution >= 0.6 is 11.8 Å². The Balaban J connectivity index is 1.72. The van der Waals surface area contributed by atoms with Gasteiger partial charge in [0.15, 0.2) is 5.17 Å². The number of nitrogens with zero attached hydrogens (tertiary/aromatic N) is 2. The number of alkyl halides is 3. The number of aliphatic imine (C=N–C) groups is 1. The number of thioether (sulfide) groups is 1. The molecule has 36 heavy (non-hydrogen) atoms. The first-order chi connectivity index (χ1) is 17.1. The standard InChI is InChI=1S/C25H26F3N3O4S/c1-3-5-13-31-22(33)20(36-24(31)30-19-8-6-7-17(14-19)25(26,27)28)15-21(32)29-18-11-9-16(10-12-18)23(34)35-4-2/h6-12,14,20H,3-5,13,15H2,1-2H3,(H,29,32). The predicted molar refractivity (Wildman–Crippen MR) is 132 cm³/mol. The normalized spacial score (nSPS) is 16.9. The molecule has 0 aliphatic carbocycles. The lowest BCUT2D eigenvalue weighted by atomic mass is 10.2. The number of unbranched alkanes of at least 4 members (excludes halogenated alkanes) is 1. The van der Waals surface area contributed by atoms with Gasteiger partial charge in [-0.15, -0.1) is 0 Å². The average molecular weight is 522 g/mol. The lowest BCUT2D eigenvalue weighted by Gasteiger charge is -2.16. The van der Waals surface area contributed by atoms with E-state index in [2.05, 4.69) is 10.3 Å². The summed E-state index contributed by atoms with van der Waals surface area (Å²) in [6.45, 7) is 4.26. The molecule has 7 nitrogen and oxygen atoms in total. The molecular weight excluding hydrogens is 495 g/mol. The van der Waals surface area contributed by atoms with Crippen LogP contribution in [0.4, 0.5) is 24.5 Å². The highest BCUT2D eigenvalue weighted by molar-refractivity contribution is 8.15. The molecule has 0 bridgehead atoms. The summed E-state index contributed by atoms with van der Waals surface area (Å²) in [4.78, 5) is 43.1. The highest BCUT2D eigenvalue weighted by Gasteiger charge is 2.39. The molecule has 1 unspecified atom stereocenters. The van der Waals surface area contributed by atoms with E-state index in [4.69, 9.17) is 4.74 Å². The number of esters is 1. The number of amidine groups is 1. The van der Waals surface area contributed by atoms with Crippen molar-refractivity contribution in [3.05, 3.63) is 59.7 Å². The maximum Gasteiger partial charge on any atom is 0.416 e. The van der Waals surface area contributed by atoms with Gasteiger partial charge in [0.05, 0.1) is 23.4 Å². The van der Waals surface area contributed by atoms with Gasteiger partial charge in [-0.25, -0.2) is 9.79 Å². The number of halogens is 3. The third kappa shape index (κ3) is 7.09. The van der Waals surface area contributed by atoms with Crippen LogP contribution in [0.2, 0.25) is 0 Å². The number of amides is 2. The minimum absolute atomic E-state index is 0.0772. The first-order valence-corrected chi connectivity index (χ1v) is 12.3. The molecule has 1 heterocycles. The van der Waals surface area contributed by atoms with Crippen molar-refractivity contribution < 1.29 is 32.3 Å². The first kappa shape index (κ1) is 27.3. The molecule has 1 aliphatic heterocycles. The number of nitrogens with one attached hydrogen (secondary N) is 1. The van der Waals surface area contributed by atoms with E-state index in [-0.39, 0.29) is 29.8 Å². The third-order valence-corrected chi connectivity index (χ3v) is 6.38. The number of hydrogen-bond donors (Lipinski definition) is 1. The zero-order chi connectivity index (χ0) is 26.3. The van der Waals surface area contributed by atoms with E-state index in [0.29, 0.717) is 24.2 Å². The Kier molecular flexibility index (Phi) is 9.14. The molecule has 11 heteroatoms. The molecule has 0 spiro atoms. The van der Waals surface area contributed by atoms with Gasteiger partial charge in [-0.3, -0.25) is 14.5 Å². The second-order valence-corrected chi connectivity index (χ2v) is 9.11. The number of ether oxygens (including phenoxy) is 1. The Bertz CT molecular complexity index is 1140. The fourth-order valence-corrected chi connectivity index (χ4v) is 4.58. The van der Waals surface area contributed by atoms with Crippen molar-refractivity contribution in [1.29, 1.82) is 0 Å². The number of rotatable bonds is 9. The maximum atomic E-state index is 13.1. The summed E-state index contributed by atoms with van der Waals surface area (Å²) in [6.07, 6.45) is -3.17. The number of anilines is 1. The van der Waals surface area contributed by atoms with Crippen LogP contribution < -0.4 is 5.32 Å². The van der Waals surface area contributed by atoms with Crippen LogP contribution in [0.5, 0.6) is 0 Å². The lowest BCUT2D eigenvalue weighted by molar-refractivity contribution is -0.137. The Morgan fingerprint density at radius 2 is 1.86 bits per heavy atom. The average Bonchev–Trinajstić information content (AvgIpc) is 3.11. The number of carbonyl (C=O) groups is 3. The third-order valence-electron chi connectivity index (χ3n) is 5.20. The van der Waals surface area contributed by atoms with Gasteiger partial charge in [0.2, 0.25) is 11.8 Å². The molecule has 0 aromatic heterocycles. The smallest absolute Gasteiger partial charge is 0.416 e. The minimum atomic E-state index is -4.51. The van der Waals surface area contributed by atoms with E-state index >= 15 is 0 Å². The molecule has 192 valence electrons. The van der Waals surface area contributed by atoms with Crippen molar-refractivity contribution in [2.45, 2.75) is 44.5 Å². The number of hydrogen-bond acceptors (Lipinski definition) is 6. The van der Waals surface area contributed by atoms with Crippen molar-refractivity contribution in [3.63, 3.8) is 0 Å². The number of benzene rings is 2. The van der Waals surface area contributed by atoms with Gasteiger partial charge in [0.1, 0.15) is 5.25 Å². The van der Waals surface area contributed by atoms with E-state index in [1.165, 1.54) is 29.2 Å². The summed E-state index contributed by atoms with van der Waals surface area (Å²) in [6, 6.07) is 10.7. The molecule has 1 aliphatic rings. The summed E-state index contributed by atoms with van der Waals surface area (Å²) < 4.78 is 44.2. The summed E-state index contributed by atoms with van der Waals surface area (Å²) in [5, 5.41) is 2.20. The van der Waals surface area contributed by atoms with Crippen LogP contribution in [-0.2, 0) is 20.5 Å². The summed E-state index contributed by atoms with van der Waals surface area (Å²) in [7, 11) is 0. The number of carbonyl (C=O) groups excluding carboxylic acids is 3. The van der Waals surface area contributed by atoms with Crippen LogP contribution in [0.3, 0.4) is 0 Å². The Labute approximate surface area is 211 Å². The molecule has 1 atom stereocenters. The molecular formula is C25H26F3N3O4S. The van der Waals surface area contributed by atoms with Crippen molar-refractivity contribution in [3.8, 4) is 0 Å². The predicted octanol–water partition coefficient (Wildman–Crippen LogP) is 5.64. The van der Waals surface area contributed by atoms with Crippen LogP contribution in [0.15, 0.2) is 53.5 Å². The molecule has 1 saturated heterocycles. The van der Waals surface area contributed by atoms with Gasteiger partial charge < -0.3 is 10.1 Å². The SMILES string of the molecule is CCCCN1C(=O)C(CC(=O)Nc2ccc(C(=O)OCC)cc2)SC1=Nc1cccc(C(F)(F)F)c1. The van der Waals surface area contributed by atoms with Crippen molar-refractivity contribution in [1.82, 2.24) is 4.90 Å². The summed E-state index contributed by atoms with van der Waals surface area (Å²) in [5.74, 6) is -1.20. The first-order valence-electron chi connectivity index (χ1n) is 11.4. The summed E-state index contributed by atoms with van der Waals surface area (Å²) in [5.41, 5.74) is 0.0414. The fourth-order valence-electron chi connectivity index (χ4n) is 3.39. The molecule has 1 N–H and O–H groups in total. The van der Waals surface area contributed by atoms with Crippen molar-refractivity contribution in [2.24, 2.45) is 4.99 Å². The maximum absolute atomic E-state index is 13.1. The van der Waals surface area contributed by atoms with Crippen molar-refractivity contribution in [2.75, 3.05) is 18.5 Å². The highest BCUT2D eigenvalue weighted by Crippen LogP contribution is 2.35. The van der Waals surface area contributed by atoms with E-state index in [1.807, 2.05) is 6.92 Å². The van der Waals surface area contributed by atoms with Gasteiger partial charge in [-0.2, -0.15) is 13.2 Å². The van der Waals surface area contributed by atoms with Crippen LogP contribution in [-0.4, -0.2) is 46.3 Å². The zero-order valence-electron chi connectivity index (χ0n) is 19.8. The van der Waals surface area contributed by atoms with E-state index in [9.17, 15) is 27.6 Å². The monoisotopic (exact) mass is 521 g/mol. The zero-order valence-corrected chi connectivity index (χ0v) is 20.6. The highest BCUT2D eigenvalue weighted by atomic mass is 32.2. The van der Waals surface area contributed by atoms with E-state index in [0.717, 1.165) is 30.3 Å². The second kappa shape index (κ2) is 12.1. The van der Waals surface area contributed by atoms with Gasteiger partial charge in [-0.1, -0.05) is 31.2 Å². The second-order valence-electron chi connectivity index (χ2n) is 7.94. The summed E-state index contributed by atoms with van der Waals surface area (Å²) >= 11 is 1.06. The van der Waals surface area contributed by atoms with Crippen LogP contribution in [0.1, 0.15) is 49.0 Å². The molecule has 3 rings (SSSR count). The Morgan fingerprint density at radius 1 is 1.14 bits per heavy atom. The molecule has 2 amide bonds. The fraction of sp³-hybridized carbons (Fsp3) is 0.360. The van der Waals surface area contributed by atoms with E-state index in [1.54, 1.807) is 19.1 Å². The lowest BCUT2D eigenvalue weighted by Crippen LogP contribution is -2.34. The topological polar surface area (TPSA) is 88.1 Å². The molecule has 0 saturated carbocycles.